The first-order chi connectivity index (χ1) is 5.20. The second-order valence-corrected chi connectivity index (χ2v) is 3.46. The lowest BCUT2D eigenvalue weighted by Crippen LogP contribution is -2.17. The smallest absolute Gasteiger partial charge is 0.306 e. The van der Waals surface area contributed by atoms with Gasteiger partial charge < -0.3 is 5.11 Å². The first-order valence-corrected chi connectivity index (χ1v) is 3.96. The molecule has 1 N–H and O–H groups in total. The molecular weight excluding hydrogens is 144 g/mol. The average Bonchev–Trinajstić information content (AvgIpc) is 2.62. The highest BCUT2D eigenvalue weighted by molar-refractivity contribution is 6.00. The van der Waals surface area contributed by atoms with Crippen LogP contribution in [0.25, 0.3) is 0 Å². The van der Waals surface area contributed by atoms with Crippen molar-refractivity contribution in [2.24, 2.45) is 17.8 Å². The van der Waals surface area contributed by atoms with Gasteiger partial charge in [0.25, 0.3) is 0 Å². The fraction of sp³-hybridized carbons (Fsp3) is 0.750. The van der Waals surface area contributed by atoms with E-state index in [4.69, 9.17) is 5.11 Å². The van der Waals surface area contributed by atoms with E-state index in [1.54, 1.807) is 0 Å². The number of carboxylic acid groups (broad SMARTS) is 1. The molecule has 0 aromatic heterocycles. The lowest BCUT2D eigenvalue weighted by Gasteiger charge is -2.14. The molecule has 11 heavy (non-hydrogen) atoms. The largest absolute Gasteiger partial charge is 0.481 e. The third-order valence-electron chi connectivity index (χ3n) is 2.82. The van der Waals surface area contributed by atoms with Crippen LogP contribution in [-0.2, 0) is 9.59 Å². The highest BCUT2D eigenvalue weighted by Gasteiger charge is 2.53. The van der Waals surface area contributed by atoms with Crippen molar-refractivity contribution in [1.29, 1.82) is 0 Å². The molecule has 0 spiro atoms. The Hall–Kier alpha value is -0.860. The van der Waals surface area contributed by atoms with Crippen molar-refractivity contribution in [2.75, 3.05) is 0 Å². The van der Waals surface area contributed by atoms with E-state index in [-0.39, 0.29) is 17.8 Å². The van der Waals surface area contributed by atoms with Crippen LogP contribution < -0.4 is 0 Å². The Labute approximate surface area is 64.4 Å². The minimum atomic E-state index is -0.733. The number of carbonyl (C=O) groups excluding carboxylic acids is 1. The highest BCUT2D eigenvalue weighted by atomic mass is 16.4. The summed E-state index contributed by atoms with van der Waals surface area (Å²) in [6.45, 7) is 0. The molecule has 0 aromatic rings. The zero-order chi connectivity index (χ0) is 8.01. The molecule has 0 radical (unpaired) electrons. The monoisotopic (exact) mass is 154 g/mol. The molecule has 0 aliphatic heterocycles. The summed E-state index contributed by atoms with van der Waals surface area (Å²) in [7, 11) is 0. The lowest BCUT2D eigenvalue weighted by atomic mass is 9.89. The fourth-order valence-electron chi connectivity index (χ4n) is 2.00. The van der Waals surface area contributed by atoms with Crippen molar-refractivity contribution in [3.63, 3.8) is 0 Å². The standard InChI is InChI=1S/C8H10O3/c9-7-5-2-1-4(8(10)11)3-6(5)7/h4-6H,1-3H2,(H,10,11). The third-order valence-corrected chi connectivity index (χ3v) is 2.82. The molecule has 0 aromatic carbocycles. The molecule has 0 heterocycles. The van der Waals surface area contributed by atoms with Gasteiger partial charge in [-0.2, -0.15) is 0 Å². The highest BCUT2D eigenvalue weighted by Crippen LogP contribution is 2.47. The normalized spacial score (nSPS) is 41.5. The van der Waals surface area contributed by atoms with Gasteiger partial charge in [0.15, 0.2) is 0 Å². The quantitative estimate of drug-likeness (QED) is 0.604. The van der Waals surface area contributed by atoms with Crippen molar-refractivity contribution in [3.8, 4) is 0 Å². The van der Waals surface area contributed by atoms with E-state index in [1.807, 2.05) is 0 Å². The van der Waals surface area contributed by atoms with Gasteiger partial charge >= 0.3 is 5.97 Å². The maximum absolute atomic E-state index is 10.9. The van der Waals surface area contributed by atoms with Crippen LogP contribution in [0.5, 0.6) is 0 Å². The van der Waals surface area contributed by atoms with Gasteiger partial charge in [0, 0.05) is 11.8 Å². The first kappa shape index (κ1) is 6.83. The molecule has 3 heteroatoms. The van der Waals surface area contributed by atoms with Crippen molar-refractivity contribution in [2.45, 2.75) is 19.3 Å². The Bertz CT molecular complexity index is 221. The van der Waals surface area contributed by atoms with Crippen LogP contribution in [0.1, 0.15) is 19.3 Å². The summed E-state index contributed by atoms with van der Waals surface area (Å²) < 4.78 is 0. The van der Waals surface area contributed by atoms with Crippen LogP contribution in [-0.4, -0.2) is 16.9 Å². The summed E-state index contributed by atoms with van der Waals surface area (Å²) in [4.78, 5) is 21.4. The Morgan fingerprint density at radius 1 is 1.36 bits per heavy atom. The van der Waals surface area contributed by atoms with E-state index in [0.29, 0.717) is 18.6 Å². The van der Waals surface area contributed by atoms with Crippen molar-refractivity contribution in [3.05, 3.63) is 0 Å². The van der Waals surface area contributed by atoms with Crippen LogP contribution in [0.3, 0.4) is 0 Å². The fourth-order valence-corrected chi connectivity index (χ4v) is 2.00. The zero-order valence-corrected chi connectivity index (χ0v) is 6.12. The van der Waals surface area contributed by atoms with Crippen LogP contribution in [0.4, 0.5) is 0 Å². The summed E-state index contributed by atoms with van der Waals surface area (Å²) in [6.07, 6.45) is 2.10. The maximum atomic E-state index is 10.9. The minimum Gasteiger partial charge on any atom is -0.481 e. The molecule has 0 bridgehead atoms. The number of hydrogen-bond acceptors (Lipinski definition) is 2. The summed E-state index contributed by atoms with van der Waals surface area (Å²) in [5.41, 5.74) is 0. The average molecular weight is 154 g/mol. The number of hydrogen-bond donors (Lipinski definition) is 1. The van der Waals surface area contributed by atoms with Crippen LogP contribution in [0, 0.1) is 17.8 Å². The molecule has 0 saturated heterocycles. The molecule has 2 aliphatic carbocycles. The number of aliphatic carboxylic acids is 1. The van der Waals surface area contributed by atoms with Crippen molar-refractivity contribution < 1.29 is 14.7 Å². The van der Waals surface area contributed by atoms with Crippen LogP contribution >= 0.6 is 0 Å². The number of carbonyl (C=O) groups is 2. The second-order valence-electron chi connectivity index (χ2n) is 3.46. The van der Waals surface area contributed by atoms with E-state index in [0.717, 1.165) is 6.42 Å². The molecule has 2 aliphatic rings. The summed E-state index contributed by atoms with van der Waals surface area (Å²) in [5.74, 6) is -0.324. The SMILES string of the molecule is O=C(O)C1CCC2C(=O)C2C1. The van der Waals surface area contributed by atoms with E-state index in [1.165, 1.54) is 0 Å². The molecule has 2 fully saturated rings. The summed E-state index contributed by atoms with van der Waals surface area (Å²) >= 11 is 0. The number of ketones is 1. The molecule has 0 amide bonds. The van der Waals surface area contributed by atoms with Gasteiger partial charge in [-0.15, -0.1) is 0 Å². The topological polar surface area (TPSA) is 54.4 Å². The molecule has 2 rings (SSSR count). The van der Waals surface area contributed by atoms with Crippen molar-refractivity contribution in [1.82, 2.24) is 0 Å². The van der Waals surface area contributed by atoms with Crippen molar-refractivity contribution >= 4 is 11.8 Å². The van der Waals surface area contributed by atoms with E-state index in [9.17, 15) is 9.59 Å². The maximum Gasteiger partial charge on any atom is 0.306 e. The molecule has 3 nitrogen and oxygen atoms in total. The number of carboxylic acids is 1. The van der Waals surface area contributed by atoms with Gasteiger partial charge in [-0.05, 0) is 19.3 Å². The Morgan fingerprint density at radius 3 is 2.64 bits per heavy atom. The summed E-state index contributed by atoms with van der Waals surface area (Å²) in [6, 6.07) is 0. The summed E-state index contributed by atoms with van der Waals surface area (Å²) in [5, 5.41) is 8.65. The van der Waals surface area contributed by atoms with E-state index in [2.05, 4.69) is 0 Å². The van der Waals surface area contributed by atoms with Crippen LogP contribution in [0.15, 0.2) is 0 Å². The van der Waals surface area contributed by atoms with Crippen LogP contribution in [0.2, 0.25) is 0 Å². The first-order valence-electron chi connectivity index (χ1n) is 3.96. The number of Topliss-reactive ketones (excluding diaryl/α,β-unsaturated/α-hetero) is 1. The molecule has 60 valence electrons. The third kappa shape index (κ3) is 0.951. The molecule has 2 saturated carbocycles. The Kier molecular flexibility index (Phi) is 1.28. The zero-order valence-electron chi connectivity index (χ0n) is 6.12. The van der Waals surface area contributed by atoms with E-state index < -0.39 is 5.97 Å². The second kappa shape index (κ2) is 2.06. The number of fused-ring (bicyclic) bond motifs is 1. The molecule has 3 unspecified atom stereocenters. The van der Waals surface area contributed by atoms with Gasteiger partial charge in [0.1, 0.15) is 5.78 Å². The lowest BCUT2D eigenvalue weighted by molar-refractivity contribution is -0.142. The van der Waals surface area contributed by atoms with E-state index >= 15 is 0 Å². The van der Waals surface area contributed by atoms with Gasteiger partial charge in [0.2, 0.25) is 0 Å². The predicted molar refractivity (Wildman–Crippen MR) is 37.0 cm³/mol. The van der Waals surface area contributed by atoms with Gasteiger partial charge in [-0.25, -0.2) is 0 Å². The molecule has 3 atom stereocenters. The van der Waals surface area contributed by atoms with Gasteiger partial charge in [0.05, 0.1) is 5.92 Å². The van der Waals surface area contributed by atoms with Gasteiger partial charge in [-0.3, -0.25) is 9.59 Å². The number of rotatable bonds is 1. The predicted octanol–water partition coefficient (Wildman–Crippen LogP) is 0.686. The van der Waals surface area contributed by atoms with Gasteiger partial charge in [-0.1, -0.05) is 0 Å². The molecular formula is C8H10O3. The Balaban J connectivity index is 2.00. The minimum absolute atomic E-state index is 0.116. The Morgan fingerprint density at radius 2 is 2.09 bits per heavy atom.